The van der Waals surface area contributed by atoms with E-state index in [2.05, 4.69) is 5.10 Å². The van der Waals surface area contributed by atoms with E-state index in [1.54, 1.807) is 19.2 Å². The molecule has 1 aromatic heterocycles. The van der Waals surface area contributed by atoms with Crippen molar-refractivity contribution in [3.8, 4) is 5.75 Å². The summed E-state index contributed by atoms with van der Waals surface area (Å²) in [7, 11) is 1.59. The largest absolute Gasteiger partial charge is 0.487 e. The van der Waals surface area contributed by atoms with Crippen LogP contribution >= 0.6 is 0 Å². The van der Waals surface area contributed by atoms with E-state index in [4.69, 9.17) is 15.6 Å². The number of hydrogen-bond acceptors (Lipinski definition) is 4. The van der Waals surface area contributed by atoms with E-state index in [1.165, 1.54) is 4.68 Å². The minimum absolute atomic E-state index is 0.00608. The van der Waals surface area contributed by atoms with Crippen LogP contribution in [0.4, 0.5) is 5.82 Å². The lowest BCUT2D eigenvalue weighted by molar-refractivity contribution is 0.0695. The molecule has 0 aliphatic heterocycles. The van der Waals surface area contributed by atoms with Crippen molar-refractivity contribution in [2.75, 3.05) is 5.73 Å². The predicted octanol–water partition coefficient (Wildman–Crippen LogP) is 1.28. The molecule has 0 fully saturated rings. The zero-order valence-corrected chi connectivity index (χ0v) is 9.83. The van der Waals surface area contributed by atoms with Gasteiger partial charge >= 0.3 is 5.97 Å². The smallest absolute Gasteiger partial charge is 0.341 e. The van der Waals surface area contributed by atoms with Crippen LogP contribution in [0.2, 0.25) is 0 Å². The average Bonchev–Trinajstić information content (AvgIpc) is 2.64. The number of nitrogens with zero attached hydrogens (tertiary/aromatic N) is 2. The van der Waals surface area contributed by atoms with Crippen LogP contribution in [0, 0.1) is 0 Å². The lowest BCUT2D eigenvalue weighted by Gasteiger charge is -2.04. The van der Waals surface area contributed by atoms with Crippen LogP contribution < -0.4 is 10.5 Å². The molecular formula is C12H13N3O3. The fourth-order valence-corrected chi connectivity index (χ4v) is 1.60. The van der Waals surface area contributed by atoms with Crippen molar-refractivity contribution in [2.24, 2.45) is 7.05 Å². The van der Waals surface area contributed by atoms with E-state index in [0.717, 1.165) is 0 Å². The summed E-state index contributed by atoms with van der Waals surface area (Å²) in [4.78, 5) is 11.1. The highest BCUT2D eigenvalue weighted by atomic mass is 16.5. The minimum atomic E-state index is -1.10. The molecule has 0 aliphatic rings. The third-order valence-corrected chi connectivity index (χ3v) is 2.50. The number of ether oxygens (including phenoxy) is 1. The molecule has 1 heterocycles. The number of anilines is 1. The van der Waals surface area contributed by atoms with Gasteiger partial charge in [-0.15, -0.1) is 0 Å². The molecule has 0 bridgehead atoms. The molecule has 0 unspecified atom stereocenters. The number of para-hydroxylation sites is 1. The second kappa shape index (κ2) is 4.79. The van der Waals surface area contributed by atoms with Gasteiger partial charge in [-0.1, -0.05) is 18.2 Å². The van der Waals surface area contributed by atoms with Gasteiger partial charge in [0.2, 0.25) is 0 Å². The highest BCUT2D eigenvalue weighted by Crippen LogP contribution is 2.18. The number of rotatable bonds is 4. The monoisotopic (exact) mass is 247 g/mol. The number of hydrogen-bond donors (Lipinski definition) is 2. The number of nitrogen functional groups attached to an aromatic ring is 1. The molecule has 2 aromatic rings. The normalized spacial score (nSPS) is 10.3. The summed E-state index contributed by atoms with van der Waals surface area (Å²) in [6.45, 7) is 0.0662. The van der Waals surface area contributed by atoms with Crippen molar-refractivity contribution in [1.82, 2.24) is 9.78 Å². The Morgan fingerprint density at radius 2 is 2.11 bits per heavy atom. The highest BCUT2D eigenvalue weighted by Gasteiger charge is 2.20. The molecule has 0 saturated carbocycles. The minimum Gasteiger partial charge on any atom is -0.487 e. The third-order valence-electron chi connectivity index (χ3n) is 2.50. The molecule has 0 amide bonds. The Bertz CT molecular complexity index is 563. The van der Waals surface area contributed by atoms with E-state index in [9.17, 15) is 4.79 Å². The maximum absolute atomic E-state index is 11.1. The molecule has 2 rings (SSSR count). The van der Waals surface area contributed by atoms with Gasteiger partial charge in [0, 0.05) is 7.05 Å². The number of carbonyl (C=O) groups is 1. The number of carboxylic acids is 1. The van der Waals surface area contributed by atoms with Crippen molar-refractivity contribution >= 4 is 11.8 Å². The summed E-state index contributed by atoms with van der Waals surface area (Å²) in [6.07, 6.45) is 0. The summed E-state index contributed by atoms with van der Waals surface area (Å²) >= 11 is 0. The van der Waals surface area contributed by atoms with Gasteiger partial charge in [-0.25, -0.2) is 4.79 Å². The van der Waals surface area contributed by atoms with E-state index in [1.807, 2.05) is 18.2 Å². The Balaban J connectivity index is 2.20. The molecule has 0 saturated heterocycles. The first kappa shape index (κ1) is 12.0. The second-order valence-electron chi connectivity index (χ2n) is 3.74. The van der Waals surface area contributed by atoms with E-state index in [0.29, 0.717) is 11.4 Å². The predicted molar refractivity (Wildman–Crippen MR) is 65.4 cm³/mol. The van der Waals surface area contributed by atoms with Crippen molar-refractivity contribution in [3.63, 3.8) is 0 Å². The molecule has 0 aliphatic carbocycles. The average molecular weight is 247 g/mol. The van der Waals surface area contributed by atoms with Gasteiger partial charge in [-0.2, -0.15) is 5.10 Å². The van der Waals surface area contributed by atoms with Crippen LogP contribution in [0.1, 0.15) is 16.1 Å². The Hall–Kier alpha value is -2.50. The number of nitrogens with two attached hydrogens (primary N) is 1. The Labute approximate surface area is 104 Å². The number of aromatic carboxylic acids is 1. The van der Waals surface area contributed by atoms with Crippen LogP contribution in [0.25, 0.3) is 0 Å². The zero-order chi connectivity index (χ0) is 13.1. The third kappa shape index (κ3) is 2.27. The zero-order valence-electron chi connectivity index (χ0n) is 9.83. The fraction of sp³-hybridized carbons (Fsp3) is 0.167. The first-order valence-electron chi connectivity index (χ1n) is 5.32. The summed E-state index contributed by atoms with van der Waals surface area (Å²) in [6, 6.07) is 9.11. The number of carboxylic acid groups (broad SMARTS) is 1. The van der Waals surface area contributed by atoms with Gasteiger partial charge in [0.05, 0.1) is 0 Å². The Kier molecular flexibility index (Phi) is 3.18. The topological polar surface area (TPSA) is 90.4 Å². The highest BCUT2D eigenvalue weighted by molar-refractivity contribution is 5.94. The van der Waals surface area contributed by atoms with Gasteiger partial charge in [0.25, 0.3) is 0 Å². The van der Waals surface area contributed by atoms with Crippen molar-refractivity contribution < 1.29 is 14.6 Å². The van der Waals surface area contributed by atoms with Crippen molar-refractivity contribution in [3.05, 3.63) is 41.6 Å². The van der Waals surface area contributed by atoms with E-state index < -0.39 is 5.97 Å². The van der Waals surface area contributed by atoms with Gasteiger partial charge in [-0.3, -0.25) is 4.68 Å². The van der Waals surface area contributed by atoms with Gasteiger partial charge in [0.15, 0.2) is 0 Å². The van der Waals surface area contributed by atoms with Crippen molar-refractivity contribution in [2.45, 2.75) is 6.61 Å². The van der Waals surface area contributed by atoms with Gasteiger partial charge in [0.1, 0.15) is 29.4 Å². The number of benzene rings is 1. The molecule has 94 valence electrons. The molecule has 6 nitrogen and oxygen atoms in total. The second-order valence-corrected chi connectivity index (χ2v) is 3.74. The standard InChI is InChI=1S/C12H13N3O3/c1-15-11(13)10(12(16)17)9(14-15)7-18-8-5-3-2-4-6-8/h2-6H,7,13H2,1H3,(H,16,17). The molecule has 3 N–H and O–H groups in total. The van der Waals surface area contributed by atoms with Crippen LogP contribution in [0.15, 0.2) is 30.3 Å². The Morgan fingerprint density at radius 3 is 2.72 bits per heavy atom. The molecule has 1 aromatic carbocycles. The maximum Gasteiger partial charge on any atom is 0.341 e. The first-order chi connectivity index (χ1) is 8.59. The van der Waals surface area contributed by atoms with Crippen molar-refractivity contribution in [1.29, 1.82) is 0 Å². The summed E-state index contributed by atoms with van der Waals surface area (Å²) in [5.41, 5.74) is 5.94. The van der Waals surface area contributed by atoms with E-state index in [-0.39, 0.29) is 18.0 Å². The molecule has 0 atom stereocenters. The number of aromatic nitrogens is 2. The molecule has 0 radical (unpaired) electrons. The van der Waals surface area contributed by atoms with Crippen LogP contribution in [0.3, 0.4) is 0 Å². The molecule has 0 spiro atoms. The fourth-order valence-electron chi connectivity index (χ4n) is 1.60. The number of aryl methyl sites for hydroxylation is 1. The summed E-state index contributed by atoms with van der Waals surface area (Å²) < 4.78 is 6.78. The first-order valence-corrected chi connectivity index (χ1v) is 5.32. The molecule has 18 heavy (non-hydrogen) atoms. The van der Waals surface area contributed by atoms with Gasteiger partial charge in [-0.05, 0) is 12.1 Å². The lowest BCUT2D eigenvalue weighted by Crippen LogP contribution is -2.06. The van der Waals surface area contributed by atoms with Crippen LogP contribution in [-0.4, -0.2) is 20.9 Å². The lowest BCUT2D eigenvalue weighted by atomic mass is 10.2. The Morgan fingerprint density at radius 1 is 1.44 bits per heavy atom. The SMILES string of the molecule is Cn1nc(COc2ccccc2)c(C(=O)O)c1N. The summed E-state index contributed by atoms with van der Waals surface area (Å²) in [5.74, 6) is -0.334. The maximum atomic E-state index is 11.1. The quantitative estimate of drug-likeness (QED) is 0.849. The van der Waals surface area contributed by atoms with Gasteiger partial charge < -0.3 is 15.6 Å². The van der Waals surface area contributed by atoms with E-state index >= 15 is 0 Å². The van der Waals surface area contributed by atoms with Crippen LogP contribution in [0.5, 0.6) is 5.75 Å². The summed E-state index contributed by atoms with van der Waals surface area (Å²) in [5, 5.41) is 13.1. The van der Waals surface area contributed by atoms with Crippen LogP contribution in [-0.2, 0) is 13.7 Å². The molecular weight excluding hydrogens is 234 g/mol. The molecule has 6 heteroatoms.